The normalized spacial score (nSPS) is 14.7. The number of amides is 1. The smallest absolute Gasteiger partial charge is 0.257 e. The molecule has 0 aliphatic carbocycles. The summed E-state index contributed by atoms with van der Waals surface area (Å²) in [6.45, 7) is 4.69. The summed E-state index contributed by atoms with van der Waals surface area (Å²) >= 11 is 0. The standard InChI is InChI=1S/C17H20N4O2/c1-13-5-3-6-14(15(13)23-2)16(22)20-9-11-21(12-10-20)17-18-7-4-8-19-17/h3-8H,9-12H2,1-2H3. The van der Waals surface area contributed by atoms with Gasteiger partial charge in [0.05, 0.1) is 12.7 Å². The Labute approximate surface area is 135 Å². The highest BCUT2D eigenvalue weighted by molar-refractivity contribution is 5.97. The molecular formula is C17H20N4O2. The first-order valence-corrected chi connectivity index (χ1v) is 7.65. The Hall–Kier alpha value is -2.63. The van der Waals surface area contributed by atoms with Gasteiger partial charge < -0.3 is 14.5 Å². The molecule has 1 aliphatic rings. The molecule has 0 radical (unpaired) electrons. The zero-order valence-electron chi connectivity index (χ0n) is 13.4. The van der Waals surface area contributed by atoms with E-state index in [0.29, 0.717) is 30.4 Å². The summed E-state index contributed by atoms with van der Waals surface area (Å²) in [5, 5.41) is 0. The third-order valence-electron chi connectivity index (χ3n) is 4.05. The van der Waals surface area contributed by atoms with Crippen LogP contribution in [0.2, 0.25) is 0 Å². The Balaban J connectivity index is 1.71. The zero-order valence-corrected chi connectivity index (χ0v) is 13.4. The van der Waals surface area contributed by atoms with Gasteiger partial charge in [0.1, 0.15) is 5.75 Å². The second-order valence-corrected chi connectivity index (χ2v) is 5.48. The minimum absolute atomic E-state index is 0.0131. The van der Waals surface area contributed by atoms with Gasteiger partial charge in [-0.1, -0.05) is 12.1 Å². The van der Waals surface area contributed by atoms with Crippen molar-refractivity contribution in [3.8, 4) is 5.75 Å². The number of nitrogens with zero attached hydrogens (tertiary/aromatic N) is 4. The number of hydrogen-bond acceptors (Lipinski definition) is 5. The molecule has 0 N–H and O–H groups in total. The van der Waals surface area contributed by atoms with Crippen LogP contribution in [0.5, 0.6) is 5.75 Å². The molecule has 0 unspecified atom stereocenters. The number of aromatic nitrogens is 2. The van der Waals surface area contributed by atoms with E-state index in [1.807, 2.05) is 30.0 Å². The van der Waals surface area contributed by atoms with Crippen LogP contribution in [0.4, 0.5) is 5.95 Å². The van der Waals surface area contributed by atoms with E-state index in [0.717, 1.165) is 18.7 Å². The van der Waals surface area contributed by atoms with Crippen LogP contribution < -0.4 is 9.64 Å². The molecule has 6 nitrogen and oxygen atoms in total. The van der Waals surface area contributed by atoms with Crippen LogP contribution in [0.25, 0.3) is 0 Å². The fourth-order valence-corrected chi connectivity index (χ4v) is 2.83. The quantitative estimate of drug-likeness (QED) is 0.864. The van der Waals surface area contributed by atoms with Gasteiger partial charge in [0.15, 0.2) is 0 Å². The van der Waals surface area contributed by atoms with Gasteiger partial charge in [-0.3, -0.25) is 4.79 Å². The predicted molar refractivity (Wildman–Crippen MR) is 87.9 cm³/mol. The van der Waals surface area contributed by atoms with Crippen LogP contribution in [-0.2, 0) is 0 Å². The van der Waals surface area contributed by atoms with E-state index < -0.39 is 0 Å². The molecule has 3 rings (SSSR count). The molecule has 1 aliphatic heterocycles. The first kappa shape index (κ1) is 15.3. The SMILES string of the molecule is COc1c(C)cccc1C(=O)N1CCN(c2ncccn2)CC1. The minimum atomic E-state index is 0.0131. The Morgan fingerprint density at radius 3 is 2.43 bits per heavy atom. The third kappa shape index (κ3) is 3.11. The van der Waals surface area contributed by atoms with E-state index in [-0.39, 0.29) is 5.91 Å². The van der Waals surface area contributed by atoms with Crippen LogP contribution in [0, 0.1) is 6.92 Å². The lowest BCUT2D eigenvalue weighted by atomic mass is 10.1. The maximum absolute atomic E-state index is 12.8. The summed E-state index contributed by atoms with van der Waals surface area (Å²) in [6, 6.07) is 7.45. The molecule has 2 heterocycles. The molecule has 6 heteroatoms. The van der Waals surface area contributed by atoms with E-state index in [2.05, 4.69) is 14.9 Å². The topological polar surface area (TPSA) is 58.6 Å². The molecule has 1 fully saturated rings. The van der Waals surface area contributed by atoms with E-state index in [1.54, 1.807) is 25.6 Å². The lowest BCUT2D eigenvalue weighted by molar-refractivity contribution is 0.0742. The molecule has 0 atom stereocenters. The van der Waals surface area contributed by atoms with Gasteiger partial charge in [-0.2, -0.15) is 0 Å². The summed E-state index contributed by atoms with van der Waals surface area (Å²) in [5.74, 6) is 1.39. The molecule has 120 valence electrons. The van der Waals surface area contributed by atoms with Crippen LogP contribution in [0.15, 0.2) is 36.7 Å². The predicted octanol–water partition coefficient (Wildman–Crippen LogP) is 1.76. The molecule has 2 aromatic rings. The summed E-state index contributed by atoms with van der Waals surface area (Å²) in [6.07, 6.45) is 3.47. The number of aryl methyl sites for hydroxylation is 1. The largest absolute Gasteiger partial charge is 0.496 e. The van der Waals surface area contributed by atoms with Gasteiger partial charge in [-0.25, -0.2) is 9.97 Å². The van der Waals surface area contributed by atoms with Gasteiger partial charge in [0.25, 0.3) is 5.91 Å². The van der Waals surface area contributed by atoms with Crippen molar-refractivity contribution in [1.82, 2.24) is 14.9 Å². The zero-order chi connectivity index (χ0) is 16.2. The van der Waals surface area contributed by atoms with Crippen molar-refractivity contribution < 1.29 is 9.53 Å². The van der Waals surface area contributed by atoms with Crippen LogP contribution in [-0.4, -0.2) is 54.1 Å². The molecule has 23 heavy (non-hydrogen) atoms. The van der Waals surface area contributed by atoms with E-state index in [9.17, 15) is 4.79 Å². The number of ether oxygens (including phenoxy) is 1. The molecular weight excluding hydrogens is 292 g/mol. The summed E-state index contributed by atoms with van der Waals surface area (Å²) < 4.78 is 5.40. The Kier molecular flexibility index (Phi) is 4.41. The number of para-hydroxylation sites is 1. The van der Waals surface area contributed by atoms with E-state index in [4.69, 9.17) is 4.74 Å². The van der Waals surface area contributed by atoms with Crippen molar-refractivity contribution >= 4 is 11.9 Å². The summed E-state index contributed by atoms with van der Waals surface area (Å²) in [4.78, 5) is 25.2. The molecule has 0 spiro atoms. The maximum Gasteiger partial charge on any atom is 0.257 e. The van der Waals surface area contributed by atoms with E-state index >= 15 is 0 Å². The number of rotatable bonds is 3. The Bertz CT molecular complexity index is 682. The molecule has 0 bridgehead atoms. The summed E-state index contributed by atoms with van der Waals surface area (Å²) in [7, 11) is 1.60. The minimum Gasteiger partial charge on any atom is -0.496 e. The fourth-order valence-electron chi connectivity index (χ4n) is 2.83. The van der Waals surface area contributed by atoms with Crippen LogP contribution >= 0.6 is 0 Å². The molecule has 0 saturated carbocycles. The van der Waals surface area contributed by atoms with Crippen molar-refractivity contribution in [1.29, 1.82) is 0 Å². The average molecular weight is 312 g/mol. The average Bonchev–Trinajstić information content (AvgIpc) is 2.62. The van der Waals surface area contributed by atoms with Gasteiger partial charge in [0.2, 0.25) is 5.95 Å². The molecule has 1 amide bonds. The summed E-state index contributed by atoms with van der Waals surface area (Å²) in [5.41, 5.74) is 1.59. The Morgan fingerprint density at radius 2 is 1.78 bits per heavy atom. The number of carbonyl (C=O) groups excluding carboxylic acids is 1. The Morgan fingerprint density at radius 1 is 1.09 bits per heavy atom. The highest BCUT2D eigenvalue weighted by Crippen LogP contribution is 2.25. The number of hydrogen-bond donors (Lipinski definition) is 0. The van der Waals surface area contributed by atoms with Gasteiger partial charge >= 0.3 is 0 Å². The van der Waals surface area contributed by atoms with Gasteiger partial charge in [0, 0.05) is 38.6 Å². The second kappa shape index (κ2) is 6.64. The highest BCUT2D eigenvalue weighted by atomic mass is 16.5. The van der Waals surface area contributed by atoms with Crippen molar-refractivity contribution in [2.45, 2.75) is 6.92 Å². The second-order valence-electron chi connectivity index (χ2n) is 5.48. The van der Waals surface area contributed by atoms with Crippen molar-refractivity contribution in [3.05, 3.63) is 47.8 Å². The molecule has 1 aromatic heterocycles. The third-order valence-corrected chi connectivity index (χ3v) is 4.05. The van der Waals surface area contributed by atoms with Crippen LogP contribution in [0.3, 0.4) is 0 Å². The number of anilines is 1. The number of carbonyl (C=O) groups is 1. The number of piperazine rings is 1. The monoisotopic (exact) mass is 312 g/mol. The van der Waals surface area contributed by atoms with Crippen molar-refractivity contribution in [3.63, 3.8) is 0 Å². The lowest BCUT2D eigenvalue weighted by Crippen LogP contribution is -2.49. The van der Waals surface area contributed by atoms with Gasteiger partial charge in [-0.15, -0.1) is 0 Å². The number of benzene rings is 1. The molecule has 1 saturated heterocycles. The van der Waals surface area contributed by atoms with Crippen LogP contribution in [0.1, 0.15) is 15.9 Å². The van der Waals surface area contributed by atoms with E-state index in [1.165, 1.54) is 0 Å². The first-order chi connectivity index (χ1) is 11.2. The highest BCUT2D eigenvalue weighted by Gasteiger charge is 2.25. The number of methoxy groups -OCH3 is 1. The maximum atomic E-state index is 12.8. The van der Waals surface area contributed by atoms with Gasteiger partial charge in [-0.05, 0) is 24.6 Å². The lowest BCUT2D eigenvalue weighted by Gasteiger charge is -2.35. The first-order valence-electron chi connectivity index (χ1n) is 7.65. The molecule has 1 aromatic carbocycles. The van der Waals surface area contributed by atoms with Crippen molar-refractivity contribution in [2.75, 3.05) is 38.2 Å². The van der Waals surface area contributed by atoms with Crippen molar-refractivity contribution in [2.24, 2.45) is 0 Å². The fraction of sp³-hybridized carbons (Fsp3) is 0.353.